The molecule has 3 aromatic carbocycles. The first-order chi connectivity index (χ1) is 22.0. The summed E-state index contributed by atoms with van der Waals surface area (Å²) in [4.78, 5) is 29.3. The van der Waals surface area contributed by atoms with E-state index in [1.54, 1.807) is 13.0 Å². The van der Waals surface area contributed by atoms with Crippen LogP contribution in [0.1, 0.15) is 50.2 Å². The fourth-order valence-electron chi connectivity index (χ4n) is 5.60. The molecule has 10 nitrogen and oxygen atoms in total. The van der Waals surface area contributed by atoms with Gasteiger partial charge in [-0.1, -0.05) is 55.1 Å². The number of aryl methyl sites for hydroxylation is 1. The monoisotopic (exact) mass is 671 g/mol. The normalized spacial score (nSPS) is 14.2. The van der Waals surface area contributed by atoms with Gasteiger partial charge in [0.2, 0.25) is 11.8 Å². The smallest absolute Gasteiger partial charge is 0.265 e. The molecule has 4 rings (SSSR count). The summed E-state index contributed by atoms with van der Waals surface area (Å²) in [5.74, 6) is -0.146. The third kappa shape index (κ3) is 8.06. The number of methoxy groups -OCH3 is 3. The Kier molecular flexibility index (Phi) is 11.8. The Labute approximate surface area is 276 Å². The van der Waals surface area contributed by atoms with Crippen LogP contribution in [0.2, 0.25) is 5.02 Å². The molecule has 1 atom stereocenters. The van der Waals surface area contributed by atoms with Gasteiger partial charge in [0.25, 0.3) is 10.0 Å². The second kappa shape index (κ2) is 15.6. The van der Waals surface area contributed by atoms with E-state index in [4.69, 9.17) is 25.8 Å². The molecule has 46 heavy (non-hydrogen) atoms. The zero-order valence-corrected chi connectivity index (χ0v) is 28.5. The first kappa shape index (κ1) is 34.9. The van der Waals surface area contributed by atoms with E-state index in [9.17, 15) is 18.0 Å². The number of benzene rings is 3. The SMILES string of the molecule is COc1ccc(S(=O)(=O)N(CC(=O)N(Cc2ccccc2C)[C@H](C)C(=O)NC2CCCCC2)c2cc(Cl)ccc2OC)cc1OC. The molecule has 0 saturated heterocycles. The molecule has 248 valence electrons. The molecule has 1 N–H and O–H groups in total. The van der Waals surface area contributed by atoms with Crippen molar-refractivity contribution in [3.63, 3.8) is 0 Å². The van der Waals surface area contributed by atoms with Crippen molar-refractivity contribution in [1.29, 1.82) is 0 Å². The topological polar surface area (TPSA) is 114 Å². The lowest BCUT2D eigenvalue weighted by Gasteiger charge is -2.34. The van der Waals surface area contributed by atoms with Crippen molar-refractivity contribution in [2.75, 3.05) is 32.2 Å². The summed E-state index contributed by atoms with van der Waals surface area (Å²) >= 11 is 6.35. The standard InChI is InChI=1S/C34H42ClN3O7S/c1-23-11-9-10-12-25(23)21-37(24(2)34(40)36-27-13-7-6-8-14-27)33(39)22-38(29-19-26(35)15-17-30(29)43-3)46(41,42)28-16-18-31(44-4)32(20-28)45-5/h9-12,15-20,24,27H,6-8,13-14,21-22H2,1-5H3,(H,36,40)/t24-/m1/s1. The van der Waals surface area contributed by atoms with Gasteiger partial charge in [-0.05, 0) is 68.1 Å². The third-order valence-corrected chi connectivity index (χ3v) is 10.3. The van der Waals surface area contributed by atoms with Gasteiger partial charge in [0.1, 0.15) is 18.3 Å². The van der Waals surface area contributed by atoms with Crippen molar-refractivity contribution < 1.29 is 32.2 Å². The summed E-state index contributed by atoms with van der Waals surface area (Å²) < 4.78 is 45.9. The van der Waals surface area contributed by atoms with Crippen LogP contribution in [0.25, 0.3) is 0 Å². The van der Waals surface area contributed by atoms with E-state index >= 15 is 0 Å². The molecular formula is C34H42ClN3O7S. The minimum atomic E-state index is -4.43. The van der Waals surface area contributed by atoms with Gasteiger partial charge in [-0.2, -0.15) is 0 Å². The van der Waals surface area contributed by atoms with Crippen LogP contribution in [0, 0.1) is 6.92 Å². The number of hydrogen-bond acceptors (Lipinski definition) is 7. The second-order valence-corrected chi connectivity index (χ2v) is 13.6. The molecule has 0 radical (unpaired) electrons. The van der Waals surface area contributed by atoms with Gasteiger partial charge in [-0.25, -0.2) is 8.42 Å². The first-order valence-electron chi connectivity index (χ1n) is 15.2. The summed E-state index contributed by atoms with van der Waals surface area (Å²) in [6.07, 6.45) is 4.98. The molecule has 1 aliphatic rings. The number of ether oxygens (including phenoxy) is 3. The van der Waals surface area contributed by atoms with Crippen molar-refractivity contribution in [2.45, 2.75) is 69.5 Å². The second-order valence-electron chi connectivity index (χ2n) is 11.3. The molecule has 0 heterocycles. The number of nitrogens with one attached hydrogen (secondary N) is 1. The van der Waals surface area contributed by atoms with Crippen molar-refractivity contribution in [3.8, 4) is 17.2 Å². The number of anilines is 1. The Morgan fingerprint density at radius 2 is 1.57 bits per heavy atom. The highest BCUT2D eigenvalue weighted by Gasteiger charge is 2.35. The predicted octanol–water partition coefficient (Wildman–Crippen LogP) is 5.74. The molecule has 3 aromatic rings. The zero-order chi connectivity index (χ0) is 33.4. The lowest BCUT2D eigenvalue weighted by molar-refractivity contribution is -0.139. The highest BCUT2D eigenvalue weighted by atomic mass is 35.5. The lowest BCUT2D eigenvalue weighted by atomic mass is 9.95. The van der Waals surface area contributed by atoms with Crippen LogP contribution in [-0.4, -0.2) is 65.1 Å². The Morgan fingerprint density at radius 3 is 2.22 bits per heavy atom. The van der Waals surface area contributed by atoms with E-state index in [2.05, 4.69) is 5.32 Å². The van der Waals surface area contributed by atoms with Gasteiger partial charge in [0.15, 0.2) is 11.5 Å². The summed E-state index contributed by atoms with van der Waals surface area (Å²) in [5, 5.41) is 3.36. The number of nitrogens with zero attached hydrogens (tertiary/aromatic N) is 2. The number of hydrogen-bond donors (Lipinski definition) is 1. The minimum absolute atomic E-state index is 0.0387. The largest absolute Gasteiger partial charge is 0.495 e. The van der Waals surface area contributed by atoms with E-state index in [1.807, 2.05) is 31.2 Å². The molecule has 0 aliphatic heterocycles. The zero-order valence-electron chi connectivity index (χ0n) is 26.9. The van der Waals surface area contributed by atoms with Gasteiger partial charge < -0.3 is 24.4 Å². The Hall–Kier alpha value is -3.96. The first-order valence-corrected chi connectivity index (χ1v) is 17.0. The van der Waals surface area contributed by atoms with Gasteiger partial charge in [-0.3, -0.25) is 13.9 Å². The molecule has 0 aromatic heterocycles. The summed E-state index contributed by atoms with van der Waals surface area (Å²) in [6, 6.07) is 15.4. The van der Waals surface area contributed by atoms with E-state index in [-0.39, 0.29) is 45.6 Å². The van der Waals surface area contributed by atoms with Crippen LogP contribution < -0.4 is 23.8 Å². The number of amides is 2. The Bertz CT molecular complexity index is 1640. The maximum Gasteiger partial charge on any atom is 0.265 e. The van der Waals surface area contributed by atoms with Gasteiger partial charge in [0, 0.05) is 23.7 Å². The van der Waals surface area contributed by atoms with Crippen molar-refractivity contribution in [3.05, 3.63) is 76.8 Å². The molecule has 1 aliphatic carbocycles. The summed E-state index contributed by atoms with van der Waals surface area (Å²) in [6.45, 7) is 3.05. The molecule has 0 unspecified atom stereocenters. The van der Waals surface area contributed by atoms with Crippen LogP contribution in [0.3, 0.4) is 0 Å². The highest BCUT2D eigenvalue weighted by molar-refractivity contribution is 7.92. The fourth-order valence-corrected chi connectivity index (χ4v) is 7.20. The Morgan fingerprint density at radius 1 is 0.913 bits per heavy atom. The van der Waals surface area contributed by atoms with Gasteiger partial charge in [0.05, 0.1) is 31.9 Å². The molecule has 1 fully saturated rings. The third-order valence-electron chi connectivity index (χ3n) is 8.35. The number of sulfonamides is 1. The predicted molar refractivity (Wildman–Crippen MR) is 178 cm³/mol. The Balaban J connectivity index is 1.77. The van der Waals surface area contributed by atoms with Crippen LogP contribution in [-0.2, 0) is 26.2 Å². The number of carbonyl (C=O) groups is 2. The molecule has 0 spiro atoms. The minimum Gasteiger partial charge on any atom is -0.495 e. The maximum atomic E-state index is 14.4. The highest BCUT2D eigenvalue weighted by Crippen LogP contribution is 2.37. The molecular weight excluding hydrogens is 630 g/mol. The van der Waals surface area contributed by atoms with E-state index in [0.29, 0.717) is 5.75 Å². The van der Waals surface area contributed by atoms with Crippen LogP contribution >= 0.6 is 11.6 Å². The van der Waals surface area contributed by atoms with Crippen molar-refractivity contribution in [1.82, 2.24) is 10.2 Å². The van der Waals surface area contributed by atoms with E-state index in [1.165, 1.54) is 56.6 Å². The number of halogens is 1. The van der Waals surface area contributed by atoms with Crippen LogP contribution in [0.15, 0.2) is 65.6 Å². The molecule has 2 amide bonds. The van der Waals surface area contributed by atoms with E-state index in [0.717, 1.165) is 47.5 Å². The van der Waals surface area contributed by atoms with Crippen molar-refractivity contribution >= 4 is 39.1 Å². The average molecular weight is 672 g/mol. The number of carbonyl (C=O) groups excluding carboxylic acids is 2. The molecule has 0 bridgehead atoms. The van der Waals surface area contributed by atoms with Gasteiger partial charge >= 0.3 is 0 Å². The summed E-state index contributed by atoms with van der Waals surface area (Å²) in [5.41, 5.74) is 1.84. The maximum absolute atomic E-state index is 14.4. The fraction of sp³-hybridized carbons (Fsp3) is 0.412. The van der Waals surface area contributed by atoms with Crippen molar-refractivity contribution in [2.24, 2.45) is 0 Å². The van der Waals surface area contributed by atoms with Gasteiger partial charge in [-0.15, -0.1) is 0 Å². The molecule has 12 heteroatoms. The average Bonchev–Trinajstić information content (AvgIpc) is 3.06. The molecule has 1 saturated carbocycles. The quantitative estimate of drug-likeness (QED) is 0.247. The van der Waals surface area contributed by atoms with E-state index < -0.39 is 28.5 Å². The van der Waals surface area contributed by atoms with Crippen LogP contribution in [0.5, 0.6) is 17.2 Å². The number of rotatable bonds is 13. The summed E-state index contributed by atoms with van der Waals surface area (Å²) in [7, 11) is -0.179. The van der Waals surface area contributed by atoms with Crippen LogP contribution in [0.4, 0.5) is 5.69 Å². The lowest BCUT2D eigenvalue weighted by Crippen LogP contribution is -2.53.